The van der Waals surface area contributed by atoms with Crippen LogP contribution in [0.25, 0.3) is 0 Å². The Kier molecular flexibility index (Phi) is 6.35. The molecule has 1 aliphatic rings. The first-order valence-corrected chi connectivity index (χ1v) is 9.28. The molecule has 27 heavy (non-hydrogen) atoms. The van der Waals surface area contributed by atoms with Crippen molar-refractivity contribution in [2.75, 3.05) is 19.8 Å². The van der Waals surface area contributed by atoms with Gasteiger partial charge < -0.3 is 10.1 Å². The molecule has 0 radical (unpaired) electrons. The molecule has 2 aromatic carbocycles. The lowest BCUT2D eigenvalue weighted by molar-refractivity contribution is -0.121. The van der Waals surface area contributed by atoms with Gasteiger partial charge in [0.15, 0.2) is 5.78 Å². The van der Waals surface area contributed by atoms with Crippen molar-refractivity contribution in [1.82, 2.24) is 5.32 Å². The highest BCUT2D eigenvalue weighted by atomic mass is 19.1. The summed E-state index contributed by atoms with van der Waals surface area (Å²) in [6.45, 7) is 1.58. The average molecular weight is 369 g/mol. The highest BCUT2D eigenvalue weighted by Crippen LogP contribution is 2.34. The Hall–Kier alpha value is -2.53. The largest absolute Gasteiger partial charge is 0.381 e. The van der Waals surface area contributed by atoms with Crippen LogP contribution in [0.15, 0.2) is 54.6 Å². The van der Waals surface area contributed by atoms with Crippen LogP contribution in [-0.2, 0) is 14.9 Å². The maximum Gasteiger partial charge on any atom is 0.220 e. The van der Waals surface area contributed by atoms with Crippen LogP contribution in [-0.4, -0.2) is 31.4 Å². The predicted octanol–water partition coefficient (Wildman–Crippen LogP) is 3.65. The number of hydrogen-bond acceptors (Lipinski definition) is 3. The van der Waals surface area contributed by atoms with Crippen molar-refractivity contribution >= 4 is 11.7 Å². The number of amides is 1. The van der Waals surface area contributed by atoms with E-state index in [0.717, 1.165) is 18.4 Å². The van der Waals surface area contributed by atoms with Crippen molar-refractivity contribution in [3.63, 3.8) is 0 Å². The molecule has 3 rings (SSSR count). The molecular weight excluding hydrogens is 345 g/mol. The lowest BCUT2D eigenvalue weighted by atomic mass is 9.74. The van der Waals surface area contributed by atoms with Crippen molar-refractivity contribution in [3.8, 4) is 0 Å². The maximum absolute atomic E-state index is 13.7. The number of carbonyl (C=O) groups excluding carboxylic acids is 2. The molecule has 1 N–H and O–H groups in total. The minimum Gasteiger partial charge on any atom is -0.381 e. The molecule has 1 heterocycles. The molecule has 0 unspecified atom stereocenters. The normalized spacial score (nSPS) is 15.9. The molecule has 2 aromatic rings. The number of hydrogen-bond donors (Lipinski definition) is 1. The molecule has 0 atom stereocenters. The molecular formula is C22H24FNO3. The maximum atomic E-state index is 13.7. The molecule has 1 saturated heterocycles. The summed E-state index contributed by atoms with van der Waals surface area (Å²) in [5.41, 5.74) is 1.16. The van der Waals surface area contributed by atoms with Crippen LogP contribution >= 0.6 is 0 Å². The van der Waals surface area contributed by atoms with Gasteiger partial charge in [0.1, 0.15) is 5.82 Å². The van der Waals surface area contributed by atoms with Crippen LogP contribution in [0.2, 0.25) is 0 Å². The smallest absolute Gasteiger partial charge is 0.220 e. The van der Waals surface area contributed by atoms with Gasteiger partial charge in [-0.1, -0.05) is 42.5 Å². The van der Waals surface area contributed by atoms with Crippen LogP contribution in [0.1, 0.15) is 41.6 Å². The number of ether oxygens (including phenoxy) is 1. The first kappa shape index (κ1) is 19.2. The van der Waals surface area contributed by atoms with Gasteiger partial charge in [-0.15, -0.1) is 0 Å². The number of benzene rings is 2. The second-order valence-corrected chi connectivity index (χ2v) is 6.97. The Morgan fingerprint density at radius 3 is 2.44 bits per heavy atom. The Balaban J connectivity index is 1.59. The van der Waals surface area contributed by atoms with E-state index in [0.29, 0.717) is 25.3 Å². The van der Waals surface area contributed by atoms with Gasteiger partial charge in [-0.2, -0.15) is 0 Å². The SMILES string of the molecule is O=C(CCC(=O)c1ccccc1)NCC1(c2cccc(F)c2)CCOCC1. The van der Waals surface area contributed by atoms with Gasteiger partial charge in [0, 0.05) is 43.6 Å². The van der Waals surface area contributed by atoms with E-state index < -0.39 is 0 Å². The van der Waals surface area contributed by atoms with Gasteiger partial charge in [0.25, 0.3) is 0 Å². The predicted molar refractivity (Wildman–Crippen MR) is 101 cm³/mol. The Morgan fingerprint density at radius 1 is 1.00 bits per heavy atom. The zero-order valence-electron chi connectivity index (χ0n) is 15.2. The van der Waals surface area contributed by atoms with E-state index >= 15 is 0 Å². The number of carbonyl (C=O) groups is 2. The molecule has 4 nitrogen and oxygen atoms in total. The Bertz CT molecular complexity index is 785. The molecule has 0 saturated carbocycles. The summed E-state index contributed by atoms with van der Waals surface area (Å²) >= 11 is 0. The van der Waals surface area contributed by atoms with Gasteiger partial charge >= 0.3 is 0 Å². The minimum absolute atomic E-state index is 0.0448. The second kappa shape index (κ2) is 8.91. The van der Waals surface area contributed by atoms with E-state index in [1.165, 1.54) is 12.1 Å². The van der Waals surface area contributed by atoms with E-state index in [1.54, 1.807) is 30.3 Å². The van der Waals surface area contributed by atoms with E-state index in [-0.39, 0.29) is 35.8 Å². The summed E-state index contributed by atoms with van der Waals surface area (Å²) in [4.78, 5) is 24.4. The molecule has 1 amide bonds. The Labute approximate surface area is 158 Å². The van der Waals surface area contributed by atoms with E-state index in [4.69, 9.17) is 4.74 Å². The van der Waals surface area contributed by atoms with Crippen molar-refractivity contribution in [3.05, 3.63) is 71.5 Å². The molecule has 1 fully saturated rings. The van der Waals surface area contributed by atoms with E-state index in [2.05, 4.69) is 5.32 Å². The topological polar surface area (TPSA) is 55.4 Å². The molecule has 1 aliphatic heterocycles. The zero-order chi connectivity index (χ0) is 19.1. The van der Waals surface area contributed by atoms with Crippen molar-refractivity contribution < 1.29 is 18.7 Å². The molecule has 0 aliphatic carbocycles. The number of nitrogens with one attached hydrogen (secondary N) is 1. The van der Waals surface area contributed by atoms with Gasteiger partial charge in [0.2, 0.25) is 5.91 Å². The summed E-state index contributed by atoms with van der Waals surface area (Å²) < 4.78 is 19.2. The van der Waals surface area contributed by atoms with Gasteiger partial charge in [-0.3, -0.25) is 9.59 Å². The van der Waals surface area contributed by atoms with Crippen molar-refractivity contribution in [2.45, 2.75) is 31.1 Å². The molecule has 142 valence electrons. The minimum atomic E-state index is -0.334. The van der Waals surface area contributed by atoms with Crippen LogP contribution < -0.4 is 5.32 Å². The second-order valence-electron chi connectivity index (χ2n) is 6.97. The highest BCUT2D eigenvalue weighted by Gasteiger charge is 2.35. The van der Waals surface area contributed by atoms with E-state index in [1.807, 2.05) is 12.1 Å². The van der Waals surface area contributed by atoms with Crippen LogP contribution in [0.4, 0.5) is 4.39 Å². The van der Waals surface area contributed by atoms with Crippen LogP contribution in [0.3, 0.4) is 0 Å². The van der Waals surface area contributed by atoms with Crippen molar-refractivity contribution in [1.29, 1.82) is 0 Å². The summed E-state index contributed by atoms with van der Waals surface area (Å²) in [6.07, 6.45) is 1.76. The third kappa shape index (κ3) is 5.01. The molecule has 0 spiro atoms. The highest BCUT2D eigenvalue weighted by molar-refractivity contribution is 5.97. The fourth-order valence-corrected chi connectivity index (χ4v) is 3.50. The Morgan fingerprint density at radius 2 is 1.74 bits per heavy atom. The zero-order valence-corrected chi connectivity index (χ0v) is 15.2. The standard InChI is InChI=1S/C22H24FNO3/c23-19-8-4-7-18(15-19)22(11-13-27-14-12-22)16-24-21(26)10-9-20(25)17-5-2-1-3-6-17/h1-8,15H,9-14,16H2,(H,24,26). The first-order valence-electron chi connectivity index (χ1n) is 9.28. The molecule has 0 aromatic heterocycles. The summed E-state index contributed by atoms with van der Waals surface area (Å²) in [7, 11) is 0. The quantitative estimate of drug-likeness (QED) is 0.758. The number of halogens is 1. The first-order chi connectivity index (χ1) is 13.1. The van der Waals surface area contributed by atoms with Gasteiger partial charge in [-0.05, 0) is 30.5 Å². The van der Waals surface area contributed by atoms with E-state index in [9.17, 15) is 14.0 Å². The lowest BCUT2D eigenvalue weighted by Gasteiger charge is -2.38. The van der Waals surface area contributed by atoms with Crippen molar-refractivity contribution in [2.24, 2.45) is 0 Å². The van der Waals surface area contributed by atoms with Gasteiger partial charge in [-0.25, -0.2) is 4.39 Å². The molecule has 0 bridgehead atoms. The molecule has 5 heteroatoms. The number of ketones is 1. The summed E-state index contributed by atoms with van der Waals surface area (Å²) in [6, 6.07) is 15.5. The van der Waals surface area contributed by atoms with Crippen LogP contribution in [0, 0.1) is 5.82 Å². The number of Topliss-reactive ketones (excluding diaryl/α,β-unsaturated/α-hetero) is 1. The number of rotatable bonds is 7. The van der Waals surface area contributed by atoms with Crippen LogP contribution in [0.5, 0.6) is 0 Å². The lowest BCUT2D eigenvalue weighted by Crippen LogP contribution is -2.44. The fourth-order valence-electron chi connectivity index (χ4n) is 3.50. The monoisotopic (exact) mass is 369 g/mol. The summed E-state index contributed by atoms with van der Waals surface area (Å²) in [5.74, 6) is -0.489. The average Bonchev–Trinajstić information content (AvgIpc) is 2.72. The third-order valence-electron chi connectivity index (χ3n) is 5.19. The summed E-state index contributed by atoms with van der Waals surface area (Å²) in [5, 5.41) is 2.95. The third-order valence-corrected chi connectivity index (χ3v) is 5.19. The van der Waals surface area contributed by atoms with Gasteiger partial charge in [0.05, 0.1) is 0 Å². The fraction of sp³-hybridized carbons (Fsp3) is 0.364.